The zero-order valence-electron chi connectivity index (χ0n) is 10.8. The lowest BCUT2D eigenvalue weighted by atomic mass is 10.4. The van der Waals surface area contributed by atoms with Crippen molar-refractivity contribution in [3.63, 3.8) is 0 Å². The third-order valence-corrected chi connectivity index (χ3v) is 6.83. The van der Waals surface area contributed by atoms with Gasteiger partial charge in [-0.3, -0.25) is 0 Å². The minimum atomic E-state index is -1.43. The van der Waals surface area contributed by atoms with E-state index in [4.69, 9.17) is 0 Å². The van der Waals surface area contributed by atoms with Gasteiger partial charge in [0, 0.05) is 4.90 Å². The first-order chi connectivity index (χ1) is 8.68. The summed E-state index contributed by atoms with van der Waals surface area (Å²) in [5, 5.41) is 3.73. The summed E-state index contributed by atoms with van der Waals surface area (Å²) in [7, 11) is -1.43. The van der Waals surface area contributed by atoms with Gasteiger partial charge in [0.1, 0.15) is 8.07 Å². The van der Waals surface area contributed by atoms with Crippen molar-refractivity contribution in [3.05, 3.63) is 71.8 Å². The standard InChI is InChI=1S/C16H18SSi/c1-18(2,16-11-7-4-8-12-16)14-13-17-15-9-5-3-6-10-15/h3-14H,1-2H3/b14-13+. The molecule has 0 N–H and O–H groups in total. The van der Waals surface area contributed by atoms with Crippen LogP contribution in [0.3, 0.4) is 0 Å². The monoisotopic (exact) mass is 270 g/mol. The highest BCUT2D eigenvalue weighted by molar-refractivity contribution is 8.02. The summed E-state index contributed by atoms with van der Waals surface area (Å²) < 4.78 is 0. The Hall–Kier alpha value is -1.25. The fourth-order valence-corrected chi connectivity index (χ4v) is 5.09. The second kappa shape index (κ2) is 6.07. The lowest BCUT2D eigenvalue weighted by Crippen LogP contribution is -2.39. The van der Waals surface area contributed by atoms with E-state index in [0.717, 1.165) is 0 Å². The van der Waals surface area contributed by atoms with E-state index < -0.39 is 8.07 Å². The number of rotatable bonds is 4. The van der Waals surface area contributed by atoms with Gasteiger partial charge in [-0.2, -0.15) is 0 Å². The van der Waals surface area contributed by atoms with Gasteiger partial charge in [-0.05, 0) is 17.5 Å². The maximum Gasteiger partial charge on any atom is 0.104 e. The third-order valence-electron chi connectivity index (χ3n) is 2.95. The van der Waals surface area contributed by atoms with Gasteiger partial charge in [0.15, 0.2) is 0 Å². The number of hydrogen-bond acceptors (Lipinski definition) is 1. The van der Waals surface area contributed by atoms with Crippen molar-refractivity contribution in [2.45, 2.75) is 18.0 Å². The molecule has 0 bridgehead atoms. The zero-order chi connectivity index (χ0) is 12.8. The normalized spacial score (nSPS) is 11.9. The summed E-state index contributed by atoms with van der Waals surface area (Å²) in [6.45, 7) is 4.76. The maximum absolute atomic E-state index is 2.40. The predicted octanol–water partition coefficient (Wildman–Crippen LogP) is 4.45. The van der Waals surface area contributed by atoms with Crippen LogP contribution >= 0.6 is 11.8 Å². The largest absolute Gasteiger partial charge is 0.104 e. The van der Waals surface area contributed by atoms with E-state index in [1.54, 1.807) is 11.8 Å². The average molecular weight is 270 g/mol. The quantitative estimate of drug-likeness (QED) is 0.584. The Morgan fingerprint density at radius 3 is 2.00 bits per heavy atom. The van der Waals surface area contributed by atoms with E-state index >= 15 is 0 Å². The summed E-state index contributed by atoms with van der Waals surface area (Å²) in [4.78, 5) is 1.30. The van der Waals surface area contributed by atoms with Gasteiger partial charge in [0.25, 0.3) is 0 Å². The second-order valence-corrected chi connectivity index (χ2v) is 10.2. The highest BCUT2D eigenvalue weighted by atomic mass is 32.2. The Kier molecular flexibility index (Phi) is 4.45. The molecule has 0 unspecified atom stereocenters. The molecule has 0 fully saturated rings. The summed E-state index contributed by atoms with van der Waals surface area (Å²) in [5.74, 6) is 0. The summed E-state index contributed by atoms with van der Waals surface area (Å²) in [6.07, 6.45) is 0. The molecule has 0 saturated heterocycles. The molecule has 2 heteroatoms. The highest BCUT2D eigenvalue weighted by Gasteiger charge is 2.18. The van der Waals surface area contributed by atoms with Crippen molar-refractivity contribution >= 4 is 25.0 Å². The van der Waals surface area contributed by atoms with Crippen LogP contribution in [0, 0.1) is 0 Å². The van der Waals surface area contributed by atoms with Gasteiger partial charge in [0.2, 0.25) is 0 Å². The van der Waals surface area contributed by atoms with E-state index in [2.05, 4.69) is 84.9 Å². The molecular formula is C16H18SSi. The highest BCUT2D eigenvalue weighted by Crippen LogP contribution is 2.19. The fraction of sp³-hybridized carbons (Fsp3) is 0.125. The lowest BCUT2D eigenvalue weighted by molar-refractivity contribution is 1.47. The van der Waals surface area contributed by atoms with Crippen LogP contribution in [0.25, 0.3) is 0 Å². The van der Waals surface area contributed by atoms with Crippen LogP contribution in [0.5, 0.6) is 0 Å². The molecule has 2 aromatic rings. The molecule has 2 rings (SSSR count). The third kappa shape index (κ3) is 3.62. The molecule has 0 aliphatic carbocycles. The van der Waals surface area contributed by atoms with Crippen LogP contribution in [0.4, 0.5) is 0 Å². The van der Waals surface area contributed by atoms with Crippen LogP contribution < -0.4 is 5.19 Å². The smallest absolute Gasteiger partial charge is 0.0988 e. The number of thioether (sulfide) groups is 1. The molecule has 0 aliphatic heterocycles. The molecule has 92 valence electrons. The minimum absolute atomic E-state index is 1.30. The molecule has 0 aliphatic rings. The fourth-order valence-electron chi connectivity index (χ4n) is 1.75. The van der Waals surface area contributed by atoms with E-state index in [9.17, 15) is 0 Å². The van der Waals surface area contributed by atoms with Crippen LogP contribution in [0.1, 0.15) is 0 Å². The van der Waals surface area contributed by atoms with E-state index in [1.807, 2.05) is 0 Å². The van der Waals surface area contributed by atoms with Crippen molar-refractivity contribution in [2.24, 2.45) is 0 Å². The first-order valence-electron chi connectivity index (χ1n) is 6.13. The van der Waals surface area contributed by atoms with Crippen LogP contribution in [-0.4, -0.2) is 8.07 Å². The Labute approximate surface area is 115 Å². The van der Waals surface area contributed by atoms with Gasteiger partial charge < -0.3 is 0 Å². The Balaban J connectivity index is 2.05. The number of benzene rings is 2. The molecule has 0 atom stereocenters. The van der Waals surface area contributed by atoms with Crippen LogP contribution in [0.15, 0.2) is 76.7 Å². The second-order valence-electron chi connectivity index (χ2n) is 4.82. The maximum atomic E-state index is 2.40. The van der Waals surface area contributed by atoms with Crippen molar-refractivity contribution in [1.82, 2.24) is 0 Å². The van der Waals surface area contributed by atoms with Crippen molar-refractivity contribution < 1.29 is 0 Å². The molecule has 0 heterocycles. The SMILES string of the molecule is C[Si](C)(/C=C/Sc1ccccc1)c1ccccc1. The van der Waals surface area contributed by atoms with E-state index in [1.165, 1.54) is 10.1 Å². The zero-order valence-corrected chi connectivity index (χ0v) is 12.7. The molecular weight excluding hydrogens is 252 g/mol. The first kappa shape index (κ1) is 13.2. The lowest BCUT2D eigenvalue weighted by Gasteiger charge is -2.17. The average Bonchev–Trinajstić information content (AvgIpc) is 2.41. The van der Waals surface area contributed by atoms with Crippen LogP contribution in [0.2, 0.25) is 13.1 Å². The molecule has 18 heavy (non-hydrogen) atoms. The molecule has 2 aromatic carbocycles. The van der Waals surface area contributed by atoms with Crippen LogP contribution in [-0.2, 0) is 0 Å². The Morgan fingerprint density at radius 2 is 1.39 bits per heavy atom. The Bertz CT molecular complexity index is 503. The molecule has 0 nitrogen and oxygen atoms in total. The van der Waals surface area contributed by atoms with Gasteiger partial charge >= 0.3 is 0 Å². The van der Waals surface area contributed by atoms with Crippen molar-refractivity contribution in [2.75, 3.05) is 0 Å². The topological polar surface area (TPSA) is 0 Å². The summed E-state index contributed by atoms with van der Waals surface area (Å²) in [5.41, 5.74) is 2.40. The number of hydrogen-bond donors (Lipinski definition) is 0. The molecule has 0 aromatic heterocycles. The van der Waals surface area contributed by atoms with Gasteiger partial charge in [-0.15, -0.1) is 0 Å². The van der Waals surface area contributed by atoms with Gasteiger partial charge in [-0.25, -0.2) is 0 Å². The van der Waals surface area contributed by atoms with E-state index in [-0.39, 0.29) is 0 Å². The predicted molar refractivity (Wildman–Crippen MR) is 85.0 cm³/mol. The molecule has 0 amide bonds. The first-order valence-corrected chi connectivity index (χ1v) is 10.1. The van der Waals surface area contributed by atoms with E-state index in [0.29, 0.717) is 0 Å². The molecule has 0 saturated carbocycles. The Morgan fingerprint density at radius 1 is 0.833 bits per heavy atom. The molecule has 0 radical (unpaired) electrons. The van der Waals surface area contributed by atoms with Crippen molar-refractivity contribution in [3.8, 4) is 0 Å². The van der Waals surface area contributed by atoms with Gasteiger partial charge in [-0.1, -0.05) is 84.3 Å². The van der Waals surface area contributed by atoms with Crippen molar-refractivity contribution in [1.29, 1.82) is 0 Å². The molecule has 0 spiro atoms. The minimum Gasteiger partial charge on any atom is -0.0988 e. The van der Waals surface area contributed by atoms with Gasteiger partial charge in [0.05, 0.1) is 0 Å². The summed E-state index contributed by atoms with van der Waals surface area (Å²) >= 11 is 1.80. The summed E-state index contributed by atoms with van der Waals surface area (Å²) in [6, 6.07) is 21.3.